The quantitative estimate of drug-likeness (QED) is 0.510. The van der Waals surface area contributed by atoms with Crippen LogP contribution in [0.25, 0.3) is 21.9 Å². The monoisotopic (exact) mass is 400 g/mol. The molecule has 2 saturated carbocycles. The van der Waals surface area contributed by atoms with Crippen LogP contribution in [0.4, 0.5) is 5.69 Å². The number of benzene rings is 2. The number of fused-ring (bicyclic) bond motifs is 5. The number of sulfonamides is 1. The molecule has 0 unspecified atom stereocenters. The first-order chi connectivity index (χ1) is 13.4. The molecule has 3 aromatic rings. The first kappa shape index (κ1) is 17.6. The molecule has 1 N–H and O–H groups in total. The van der Waals surface area contributed by atoms with Crippen molar-refractivity contribution in [1.29, 1.82) is 0 Å². The summed E-state index contributed by atoms with van der Waals surface area (Å²) in [6, 6.07) is 9.05. The molecule has 3 atom stereocenters. The maximum absolute atomic E-state index is 12.8. The second kappa shape index (κ2) is 6.28. The van der Waals surface area contributed by atoms with Gasteiger partial charge in [-0.1, -0.05) is 6.42 Å². The summed E-state index contributed by atoms with van der Waals surface area (Å²) >= 11 is 0. The van der Waals surface area contributed by atoms with Gasteiger partial charge in [0.2, 0.25) is 10.0 Å². The van der Waals surface area contributed by atoms with Crippen LogP contribution in [-0.4, -0.2) is 19.9 Å². The van der Waals surface area contributed by atoms with Gasteiger partial charge in [0.15, 0.2) is 0 Å². The highest BCUT2D eigenvalue weighted by Gasteiger charge is 2.39. The third kappa shape index (κ3) is 2.87. The van der Waals surface area contributed by atoms with E-state index in [1.54, 1.807) is 18.2 Å². The molecule has 0 spiro atoms. The van der Waals surface area contributed by atoms with E-state index in [-0.39, 0.29) is 10.6 Å². The topological polar surface area (TPSA) is 102 Å². The molecule has 1 heterocycles. The largest absolute Gasteiger partial charge is 0.456 e. The van der Waals surface area contributed by atoms with Crippen molar-refractivity contribution < 1.29 is 17.8 Å². The van der Waals surface area contributed by atoms with Crippen molar-refractivity contribution in [3.63, 3.8) is 0 Å². The summed E-state index contributed by atoms with van der Waals surface area (Å²) < 4.78 is 34.1. The van der Waals surface area contributed by atoms with Gasteiger partial charge in [0, 0.05) is 23.4 Å². The fraction of sp³-hybridized carbons (Fsp3) is 0.400. The van der Waals surface area contributed by atoms with Crippen LogP contribution < -0.4 is 4.72 Å². The molecular weight excluding hydrogens is 380 g/mol. The number of furan rings is 1. The minimum atomic E-state index is -3.62. The number of nitro benzene ring substituents is 1. The second-order valence-corrected chi connectivity index (χ2v) is 9.75. The van der Waals surface area contributed by atoms with Gasteiger partial charge < -0.3 is 4.42 Å². The average molecular weight is 400 g/mol. The van der Waals surface area contributed by atoms with E-state index in [1.807, 2.05) is 0 Å². The van der Waals surface area contributed by atoms with Crippen molar-refractivity contribution in [2.24, 2.45) is 17.8 Å². The maximum atomic E-state index is 12.8. The normalized spacial score (nSPS) is 24.4. The summed E-state index contributed by atoms with van der Waals surface area (Å²) in [4.78, 5) is 10.7. The van der Waals surface area contributed by atoms with Crippen molar-refractivity contribution in [2.45, 2.75) is 30.6 Å². The van der Waals surface area contributed by atoms with E-state index >= 15 is 0 Å². The highest BCUT2D eigenvalue weighted by atomic mass is 32.2. The second-order valence-electron chi connectivity index (χ2n) is 7.98. The Hall–Kier alpha value is -2.45. The average Bonchev–Trinajstić information content (AvgIpc) is 3.38. The van der Waals surface area contributed by atoms with Crippen LogP contribution in [0.5, 0.6) is 0 Å². The lowest BCUT2D eigenvalue weighted by atomic mass is 9.89. The molecule has 2 fully saturated rings. The van der Waals surface area contributed by atoms with Crippen LogP contribution in [0.1, 0.15) is 25.7 Å². The van der Waals surface area contributed by atoms with E-state index in [2.05, 4.69) is 4.72 Å². The molecule has 5 rings (SSSR count). The van der Waals surface area contributed by atoms with Gasteiger partial charge in [-0.3, -0.25) is 10.1 Å². The zero-order valence-electron chi connectivity index (χ0n) is 15.1. The fourth-order valence-electron chi connectivity index (χ4n) is 4.95. The van der Waals surface area contributed by atoms with Gasteiger partial charge in [0.05, 0.1) is 15.9 Å². The molecule has 8 heteroatoms. The van der Waals surface area contributed by atoms with Crippen molar-refractivity contribution in [3.05, 3.63) is 46.5 Å². The first-order valence-electron chi connectivity index (χ1n) is 9.51. The third-order valence-electron chi connectivity index (χ3n) is 6.37. The highest BCUT2D eigenvalue weighted by Crippen LogP contribution is 2.48. The number of nitro groups is 1. The first-order valence-corrected chi connectivity index (χ1v) is 11.0. The van der Waals surface area contributed by atoms with Gasteiger partial charge in [-0.25, -0.2) is 13.1 Å². The SMILES string of the molecule is O=[N+]([O-])c1ccc2c(c1)oc1ccc(S(=O)(=O)NC[C@H]3C[C@H]4CC[C@@H]3C4)cc12. The number of nitrogens with one attached hydrogen (secondary N) is 1. The van der Waals surface area contributed by atoms with Gasteiger partial charge in [0.25, 0.3) is 5.69 Å². The summed E-state index contributed by atoms with van der Waals surface area (Å²) in [6.45, 7) is 0.486. The standard InChI is InChI=1S/C20H20N2O5S/c23-22(24)15-3-5-17-18-10-16(4-6-19(18)27-20(17)9-15)28(25,26)21-11-14-8-12-1-2-13(14)7-12/h3-6,9-10,12-14,21H,1-2,7-8,11H2/t12-,13+,14+/m0/s1. The van der Waals surface area contributed by atoms with Crippen molar-refractivity contribution >= 4 is 37.6 Å². The lowest BCUT2D eigenvalue weighted by molar-refractivity contribution is -0.384. The van der Waals surface area contributed by atoms with Crippen LogP contribution >= 0.6 is 0 Å². The summed E-state index contributed by atoms with van der Waals surface area (Å²) in [5.41, 5.74) is 0.808. The zero-order chi connectivity index (χ0) is 19.5. The van der Waals surface area contributed by atoms with Crippen LogP contribution in [0.2, 0.25) is 0 Å². The molecule has 0 radical (unpaired) electrons. The van der Waals surface area contributed by atoms with E-state index in [1.165, 1.54) is 37.5 Å². The Morgan fingerprint density at radius 2 is 1.93 bits per heavy atom. The van der Waals surface area contributed by atoms with Crippen LogP contribution in [0.15, 0.2) is 45.7 Å². The Morgan fingerprint density at radius 1 is 1.07 bits per heavy atom. The number of rotatable bonds is 5. The van der Waals surface area contributed by atoms with E-state index in [4.69, 9.17) is 4.42 Å². The Bertz CT molecular complexity index is 1200. The number of hydrogen-bond acceptors (Lipinski definition) is 5. The molecular formula is C20H20N2O5S. The van der Waals surface area contributed by atoms with Crippen molar-refractivity contribution in [2.75, 3.05) is 6.54 Å². The smallest absolute Gasteiger partial charge is 0.273 e. The Labute approximate surface area is 161 Å². The van der Waals surface area contributed by atoms with E-state index in [0.717, 1.165) is 12.3 Å². The molecule has 0 amide bonds. The predicted molar refractivity (Wildman–Crippen MR) is 105 cm³/mol. The summed E-state index contributed by atoms with van der Waals surface area (Å²) in [5.74, 6) is 1.87. The molecule has 0 saturated heterocycles. The van der Waals surface area contributed by atoms with Gasteiger partial charge in [-0.05, 0) is 61.3 Å². The third-order valence-corrected chi connectivity index (χ3v) is 7.79. The fourth-order valence-corrected chi connectivity index (χ4v) is 6.07. The van der Waals surface area contributed by atoms with E-state index in [0.29, 0.717) is 40.3 Å². The van der Waals surface area contributed by atoms with Crippen molar-refractivity contribution in [1.82, 2.24) is 4.72 Å². The molecule has 146 valence electrons. The van der Waals surface area contributed by atoms with Gasteiger partial charge >= 0.3 is 0 Å². The van der Waals surface area contributed by atoms with Crippen LogP contribution in [0.3, 0.4) is 0 Å². The minimum absolute atomic E-state index is 0.0630. The maximum Gasteiger partial charge on any atom is 0.273 e. The molecule has 1 aromatic heterocycles. The van der Waals surface area contributed by atoms with E-state index < -0.39 is 14.9 Å². The lowest BCUT2D eigenvalue weighted by Gasteiger charge is -2.21. The Kier molecular flexibility index (Phi) is 3.96. The number of non-ortho nitro benzene ring substituents is 1. The van der Waals surface area contributed by atoms with Crippen LogP contribution in [0, 0.1) is 27.9 Å². The Balaban J connectivity index is 1.44. The number of nitrogens with zero attached hydrogens (tertiary/aromatic N) is 1. The summed E-state index contributed by atoms with van der Waals surface area (Å²) in [5, 5.41) is 12.2. The molecule has 2 aliphatic carbocycles. The molecule has 0 aliphatic heterocycles. The molecule has 2 aromatic carbocycles. The summed E-state index contributed by atoms with van der Waals surface area (Å²) in [7, 11) is -3.62. The van der Waals surface area contributed by atoms with Crippen LogP contribution in [-0.2, 0) is 10.0 Å². The molecule has 7 nitrogen and oxygen atoms in total. The molecule has 2 aliphatic rings. The Morgan fingerprint density at radius 3 is 2.64 bits per heavy atom. The zero-order valence-corrected chi connectivity index (χ0v) is 15.9. The minimum Gasteiger partial charge on any atom is -0.456 e. The molecule has 28 heavy (non-hydrogen) atoms. The van der Waals surface area contributed by atoms with E-state index in [9.17, 15) is 18.5 Å². The van der Waals surface area contributed by atoms with Gasteiger partial charge in [-0.2, -0.15) is 0 Å². The van der Waals surface area contributed by atoms with Crippen molar-refractivity contribution in [3.8, 4) is 0 Å². The van der Waals surface area contributed by atoms with Gasteiger partial charge in [-0.15, -0.1) is 0 Å². The molecule has 2 bridgehead atoms. The number of hydrogen-bond donors (Lipinski definition) is 1. The lowest BCUT2D eigenvalue weighted by Crippen LogP contribution is -2.31. The predicted octanol–water partition coefficient (Wildman–Crippen LogP) is 4.21. The highest BCUT2D eigenvalue weighted by molar-refractivity contribution is 7.89. The van der Waals surface area contributed by atoms with Gasteiger partial charge in [0.1, 0.15) is 11.2 Å². The summed E-state index contributed by atoms with van der Waals surface area (Å²) in [6.07, 6.45) is 4.87.